The number of carbonyl (C=O) groups excluding carboxylic acids is 1. The van der Waals surface area contributed by atoms with Crippen LogP contribution in [0.15, 0.2) is 0 Å². The molecule has 2 fully saturated rings. The third-order valence-electron chi connectivity index (χ3n) is 3.74. The van der Waals surface area contributed by atoms with Crippen molar-refractivity contribution >= 4 is 6.09 Å². The van der Waals surface area contributed by atoms with Gasteiger partial charge in [-0.3, -0.25) is 0 Å². The predicted molar refractivity (Wildman–Crippen MR) is 71.6 cm³/mol. The van der Waals surface area contributed by atoms with E-state index in [1.807, 2.05) is 25.7 Å². The average molecular weight is 254 g/mol. The molecule has 2 aliphatic rings. The van der Waals surface area contributed by atoms with E-state index in [4.69, 9.17) is 4.74 Å². The second kappa shape index (κ2) is 5.47. The van der Waals surface area contributed by atoms with Crippen molar-refractivity contribution in [3.8, 4) is 0 Å². The Morgan fingerprint density at radius 3 is 2.28 bits per heavy atom. The molecular formula is C14H26N2O2. The van der Waals surface area contributed by atoms with Gasteiger partial charge < -0.3 is 15.0 Å². The molecular weight excluding hydrogens is 228 g/mol. The molecule has 1 heterocycles. The number of hydrogen-bond donors (Lipinski definition) is 1. The van der Waals surface area contributed by atoms with Crippen LogP contribution in [0.25, 0.3) is 0 Å². The van der Waals surface area contributed by atoms with E-state index in [2.05, 4.69) is 5.32 Å². The van der Waals surface area contributed by atoms with Crippen LogP contribution >= 0.6 is 0 Å². The zero-order valence-electron chi connectivity index (χ0n) is 11.9. The Morgan fingerprint density at radius 1 is 1.17 bits per heavy atom. The Labute approximate surface area is 110 Å². The van der Waals surface area contributed by atoms with Crippen molar-refractivity contribution < 1.29 is 9.53 Å². The first kappa shape index (κ1) is 13.7. The molecule has 18 heavy (non-hydrogen) atoms. The minimum atomic E-state index is -0.402. The summed E-state index contributed by atoms with van der Waals surface area (Å²) in [5.41, 5.74) is -0.402. The van der Waals surface area contributed by atoms with E-state index in [1.54, 1.807) is 0 Å². The molecule has 1 aliphatic heterocycles. The Hall–Kier alpha value is -0.770. The van der Waals surface area contributed by atoms with E-state index in [-0.39, 0.29) is 6.09 Å². The standard InChI is InChI=1S/C14H26N2O2/c1-14(2,3)18-13(17)16(11-6-4-7-11)12-8-5-9-15-10-12/h11-12,15H,4-10H2,1-3H3. The third-order valence-corrected chi connectivity index (χ3v) is 3.74. The fourth-order valence-electron chi connectivity index (χ4n) is 2.65. The van der Waals surface area contributed by atoms with E-state index in [0.29, 0.717) is 12.1 Å². The van der Waals surface area contributed by atoms with Crippen LogP contribution in [-0.4, -0.2) is 41.8 Å². The first-order chi connectivity index (χ1) is 8.47. The van der Waals surface area contributed by atoms with E-state index in [1.165, 1.54) is 6.42 Å². The molecule has 0 spiro atoms. The van der Waals surface area contributed by atoms with Crippen molar-refractivity contribution in [1.82, 2.24) is 10.2 Å². The lowest BCUT2D eigenvalue weighted by atomic mass is 9.89. The Bertz CT molecular complexity index is 289. The molecule has 0 aromatic heterocycles. The van der Waals surface area contributed by atoms with Crippen LogP contribution in [0.1, 0.15) is 52.9 Å². The highest BCUT2D eigenvalue weighted by Crippen LogP contribution is 2.29. The fraction of sp³-hybridized carbons (Fsp3) is 0.929. The number of rotatable bonds is 2. The molecule has 1 amide bonds. The van der Waals surface area contributed by atoms with E-state index in [9.17, 15) is 4.79 Å². The largest absolute Gasteiger partial charge is 0.444 e. The molecule has 0 bridgehead atoms. The lowest BCUT2D eigenvalue weighted by Crippen LogP contribution is -2.56. The highest BCUT2D eigenvalue weighted by Gasteiger charge is 2.37. The molecule has 4 heteroatoms. The molecule has 1 saturated heterocycles. The van der Waals surface area contributed by atoms with Crippen molar-refractivity contribution in [2.45, 2.75) is 70.6 Å². The SMILES string of the molecule is CC(C)(C)OC(=O)N(C1CCC1)C1CCCNC1. The fourth-order valence-corrected chi connectivity index (χ4v) is 2.65. The Morgan fingerprint density at radius 2 is 1.83 bits per heavy atom. The van der Waals surface area contributed by atoms with Crippen LogP contribution in [0.2, 0.25) is 0 Å². The van der Waals surface area contributed by atoms with E-state index < -0.39 is 5.60 Å². The van der Waals surface area contributed by atoms with Crippen LogP contribution in [0.4, 0.5) is 4.79 Å². The highest BCUT2D eigenvalue weighted by atomic mass is 16.6. The van der Waals surface area contributed by atoms with Crippen LogP contribution in [0.3, 0.4) is 0 Å². The van der Waals surface area contributed by atoms with Crippen LogP contribution in [-0.2, 0) is 4.74 Å². The number of amides is 1. The average Bonchev–Trinajstić information content (AvgIpc) is 2.21. The smallest absolute Gasteiger partial charge is 0.410 e. The summed E-state index contributed by atoms with van der Waals surface area (Å²) in [6.07, 6.45) is 5.63. The van der Waals surface area contributed by atoms with Crippen molar-refractivity contribution in [3.05, 3.63) is 0 Å². The number of nitrogens with one attached hydrogen (secondary N) is 1. The molecule has 2 rings (SSSR count). The lowest BCUT2D eigenvalue weighted by molar-refractivity contribution is -0.00930. The number of hydrogen-bond acceptors (Lipinski definition) is 3. The first-order valence-electron chi connectivity index (χ1n) is 7.19. The number of piperidine rings is 1. The molecule has 1 atom stereocenters. The van der Waals surface area contributed by atoms with Crippen LogP contribution < -0.4 is 5.32 Å². The van der Waals surface area contributed by atoms with Gasteiger partial charge in [-0.25, -0.2) is 4.79 Å². The van der Waals surface area contributed by atoms with Crippen molar-refractivity contribution in [3.63, 3.8) is 0 Å². The number of carbonyl (C=O) groups is 1. The second-order valence-electron chi connectivity index (χ2n) is 6.47. The molecule has 1 saturated carbocycles. The van der Waals surface area contributed by atoms with Crippen molar-refractivity contribution in [2.75, 3.05) is 13.1 Å². The number of nitrogens with zero attached hydrogens (tertiary/aromatic N) is 1. The Balaban J connectivity index is 2.01. The monoisotopic (exact) mass is 254 g/mol. The number of ether oxygens (including phenoxy) is 1. The molecule has 4 nitrogen and oxygen atoms in total. The van der Waals surface area contributed by atoms with Gasteiger partial charge in [-0.1, -0.05) is 0 Å². The van der Waals surface area contributed by atoms with Gasteiger partial charge in [0, 0.05) is 18.6 Å². The van der Waals surface area contributed by atoms with Gasteiger partial charge in [-0.15, -0.1) is 0 Å². The summed E-state index contributed by atoms with van der Waals surface area (Å²) < 4.78 is 5.57. The van der Waals surface area contributed by atoms with E-state index >= 15 is 0 Å². The molecule has 1 unspecified atom stereocenters. The van der Waals surface area contributed by atoms with Crippen molar-refractivity contribution in [1.29, 1.82) is 0 Å². The van der Waals surface area contributed by atoms with Gasteiger partial charge in [-0.2, -0.15) is 0 Å². The van der Waals surface area contributed by atoms with Gasteiger partial charge in [0.15, 0.2) is 0 Å². The molecule has 1 N–H and O–H groups in total. The summed E-state index contributed by atoms with van der Waals surface area (Å²) >= 11 is 0. The maximum absolute atomic E-state index is 12.4. The predicted octanol–water partition coefficient (Wildman–Crippen LogP) is 2.53. The van der Waals surface area contributed by atoms with E-state index in [0.717, 1.165) is 38.8 Å². The van der Waals surface area contributed by atoms with Gasteiger partial charge >= 0.3 is 6.09 Å². The molecule has 0 radical (unpaired) electrons. The van der Waals surface area contributed by atoms with Gasteiger partial charge in [0.2, 0.25) is 0 Å². The zero-order chi connectivity index (χ0) is 13.2. The minimum Gasteiger partial charge on any atom is -0.444 e. The highest BCUT2D eigenvalue weighted by molar-refractivity contribution is 5.69. The Kier molecular flexibility index (Phi) is 4.15. The van der Waals surface area contributed by atoms with Crippen molar-refractivity contribution in [2.24, 2.45) is 0 Å². The van der Waals surface area contributed by atoms with Crippen LogP contribution in [0, 0.1) is 0 Å². The van der Waals surface area contributed by atoms with Crippen LogP contribution in [0.5, 0.6) is 0 Å². The summed E-state index contributed by atoms with van der Waals surface area (Å²) in [7, 11) is 0. The summed E-state index contributed by atoms with van der Waals surface area (Å²) in [5.74, 6) is 0. The summed E-state index contributed by atoms with van der Waals surface area (Å²) in [6.45, 7) is 7.79. The second-order valence-corrected chi connectivity index (χ2v) is 6.47. The third kappa shape index (κ3) is 3.37. The summed E-state index contributed by atoms with van der Waals surface area (Å²) in [5, 5.41) is 3.39. The maximum atomic E-state index is 12.4. The first-order valence-corrected chi connectivity index (χ1v) is 7.19. The quantitative estimate of drug-likeness (QED) is 0.823. The minimum absolute atomic E-state index is 0.124. The molecule has 104 valence electrons. The van der Waals surface area contributed by atoms with Gasteiger partial charge in [0.25, 0.3) is 0 Å². The summed E-state index contributed by atoms with van der Waals surface area (Å²) in [6, 6.07) is 0.726. The molecule has 1 aliphatic carbocycles. The van der Waals surface area contributed by atoms with Gasteiger partial charge in [-0.05, 0) is 59.4 Å². The topological polar surface area (TPSA) is 41.6 Å². The summed E-state index contributed by atoms with van der Waals surface area (Å²) in [4.78, 5) is 14.4. The molecule has 0 aromatic rings. The van der Waals surface area contributed by atoms with Gasteiger partial charge in [0.1, 0.15) is 5.60 Å². The molecule has 0 aromatic carbocycles. The van der Waals surface area contributed by atoms with Gasteiger partial charge in [0.05, 0.1) is 0 Å². The lowest BCUT2D eigenvalue weighted by Gasteiger charge is -2.44. The maximum Gasteiger partial charge on any atom is 0.410 e. The zero-order valence-corrected chi connectivity index (χ0v) is 11.9. The normalized spacial score (nSPS) is 25.4.